The molecule has 0 aromatic carbocycles. The largest absolute Gasteiger partial charge is 1.00 e. The van der Waals surface area contributed by atoms with Crippen molar-refractivity contribution in [3.8, 4) is 0 Å². The molecule has 21 heavy (non-hydrogen) atoms. The van der Waals surface area contributed by atoms with Gasteiger partial charge in [-0.15, -0.1) is 22.8 Å². The SMILES string of the molecule is C[Si]1(C)[C-]2[Si](C)(C)[Si](C)(C)C([Si]1(C)C)[Si](C)(C)[Si]2(C)C.[Cu+]. The molecule has 128 valence electrons. The molecule has 0 amide bonds. The van der Waals surface area contributed by atoms with Crippen LogP contribution in [0.15, 0.2) is 0 Å². The predicted molar refractivity (Wildman–Crippen MR) is 112 cm³/mol. The molecular weight excluding hydrogens is 400 g/mol. The molecule has 7 heteroatoms. The van der Waals surface area contributed by atoms with Gasteiger partial charge in [-0.05, 0) is 0 Å². The van der Waals surface area contributed by atoms with Crippen LogP contribution in [-0.4, -0.2) is 45.5 Å². The Labute approximate surface area is 150 Å². The van der Waals surface area contributed by atoms with E-state index in [1.165, 1.54) is 4.79 Å². The monoisotopic (exact) mass is 436 g/mol. The van der Waals surface area contributed by atoms with E-state index in [2.05, 4.69) is 83.4 Å². The zero-order valence-electron chi connectivity index (χ0n) is 16.4. The average Bonchev–Trinajstić information content (AvgIpc) is 2.09. The molecule has 3 heterocycles. The molecule has 0 aromatic rings. The van der Waals surface area contributed by atoms with Gasteiger partial charge in [0.25, 0.3) is 0 Å². The molecule has 0 spiro atoms. The Morgan fingerprint density at radius 3 is 0.810 bits per heavy atom. The van der Waals surface area contributed by atoms with Crippen LogP contribution in [0.5, 0.6) is 0 Å². The van der Waals surface area contributed by atoms with Crippen molar-refractivity contribution in [2.24, 2.45) is 0 Å². The van der Waals surface area contributed by atoms with Gasteiger partial charge in [0.05, 0.1) is 0 Å². The minimum absolute atomic E-state index is 0. The van der Waals surface area contributed by atoms with Crippen molar-refractivity contribution in [2.45, 2.75) is 83.4 Å². The van der Waals surface area contributed by atoms with Crippen LogP contribution in [0.25, 0.3) is 0 Å². The van der Waals surface area contributed by atoms with E-state index in [1.807, 2.05) is 0 Å². The van der Waals surface area contributed by atoms with Crippen LogP contribution < -0.4 is 0 Å². The van der Waals surface area contributed by atoms with Crippen LogP contribution in [0, 0.1) is 4.79 Å². The summed E-state index contributed by atoms with van der Waals surface area (Å²) in [6.07, 6.45) is 0. The number of fused-ring (bicyclic) bond motifs is 3. The Kier molecular flexibility index (Phi) is 4.89. The van der Waals surface area contributed by atoms with E-state index in [-0.39, 0.29) is 17.1 Å². The molecular formula is C14H37CuSi6. The van der Waals surface area contributed by atoms with Crippen LogP contribution in [0.3, 0.4) is 0 Å². The van der Waals surface area contributed by atoms with Gasteiger partial charge < -0.3 is 4.79 Å². The van der Waals surface area contributed by atoms with Crippen LogP contribution >= 0.6 is 0 Å². The van der Waals surface area contributed by atoms with Crippen LogP contribution in [0.4, 0.5) is 0 Å². The molecule has 3 aliphatic heterocycles. The first-order valence-corrected chi connectivity index (χ1v) is 29.6. The summed E-state index contributed by atoms with van der Waals surface area (Å²) in [5.74, 6) is 0. The first kappa shape index (κ1) is 20.9. The van der Waals surface area contributed by atoms with E-state index >= 15 is 0 Å². The number of hydrogen-bond acceptors (Lipinski definition) is 0. The van der Waals surface area contributed by atoms with Crippen LogP contribution in [0.1, 0.15) is 0 Å². The molecule has 2 bridgehead atoms. The second-order valence-corrected chi connectivity index (χ2v) is 60.2. The van der Waals surface area contributed by atoms with Gasteiger partial charge in [-0.1, -0.05) is 83.4 Å². The maximum atomic E-state index is 2.83. The molecule has 0 nitrogen and oxygen atoms in total. The van der Waals surface area contributed by atoms with Gasteiger partial charge in [-0.2, -0.15) is 0 Å². The molecule has 3 saturated heterocycles. The van der Waals surface area contributed by atoms with Crippen molar-refractivity contribution in [1.29, 1.82) is 0 Å². The maximum Gasteiger partial charge on any atom is 1.00 e. The average molecular weight is 438 g/mol. The summed E-state index contributed by atoms with van der Waals surface area (Å²) in [4.78, 5) is 3.70. The van der Waals surface area contributed by atoms with Gasteiger partial charge in [0, 0.05) is 22.8 Å². The van der Waals surface area contributed by atoms with E-state index in [1.54, 1.807) is 0 Å². The van der Waals surface area contributed by atoms with Gasteiger partial charge in [0.1, 0.15) is 0 Å². The molecule has 0 N–H and O–H groups in total. The van der Waals surface area contributed by atoms with Gasteiger partial charge in [0.15, 0.2) is 0 Å². The molecule has 0 unspecified atom stereocenters. The third-order valence-electron chi connectivity index (χ3n) is 8.87. The van der Waals surface area contributed by atoms with Crippen molar-refractivity contribution in [2.75, 3.05) is 0 Å². The minimum atomic E-state index is -1.10. The molecule has 0 aliphatic carbocycles. The zero-order valence-corrected chi connectivity index (χ0v) is 23.3. The first-order chi connectivity index (χ1) is 8.48. The summed E-state index contributed by atoms with van der Waals surface area (Å²) in [6, 6.07) is 0. The van der Waals surface area contributed by atoms with Crippen molar-refractivity contribution in [3.63, 3.8) is 0 Å². The topological polar surface area (TPSA) is 0 Å². The molecule has 3 fully saturated rings. The predicted octanol–water partition coefficient (Wildman–Crippen LogP) is 5.14. The van der Waals surface area contributed by atoms with Crippen molar-refractivity contribution in [3.05, 3.63) is 4.79 Å². The minimum Gasteiger partial charge on any atom is -0.316 e. The molecule has 0 radical (unpaired) electrons. The first-order valence-electron chi connectivity index (χ1n) is 8.37. The third-order valence-corrected chi connectivity index (χ3v) is 94.4. The molecule has 0 atom stereocenters. The van der Waals surface area contributed by atoms with Crippen LogP contribution in [0.2, 0.25) is 83.4 Å². The van der Waals surface area contributed by atoms with Gasteiger partial charge in [-0.3, -0.25) is 0 Å². The fourth-order valence-electron chi connectivity index (χ4n) is 7.10. The maximum absolute atomic E-state index is 2.83. The molecule has 3 aliphatic rings. The second kappa shape index (κ2) is 4.93. The van der Waals surface area contributed by atoms with Crippen molar-refractivity contribution in [1.82, 2.24) is 0 Å². The Morgan fingerprint density at radius 1 is 0.476 bits per heavy atom. The Balaban J connectivity index is 0.00000220. The van der Waals surface area contributed by atoms with E-state index in [0.29, 0.717) is 0 Å². The van der Waals surface area contributed by atoms with E-state index in [0.717, 1.165) is 0 Å². The summed E-state index contributed by atoms with van der Waals surface area (Å²) >= 11 is 0. The zero-order chi connectivity index (χ0) is 16.2. The number of rotatable bonds is 0. The second-order valence-electron chi connectivity index (χ2n) is 10.8. The summed E-state index contributed by atoms with van der Waals surface area (Å²) in [7, 11) is -6.45. The third kappa shape index (κ3) is 2.04. The van der Waals surface area contributed by atoms with Crippen molar-refractivity contribution >= 4 is 45.5 Å². The van der Waals surface area contributed by atoms with Gasteiger partial charge >= 0.3 is 17.1 Å². The number of hydrogen-bond donors (Lipinski definition) is 0. The summed E-state index contributed by atoms with van der Waals surface area (Å²) in [6.45, 7) is 33.9. The van der Waals surface area contributed by atoms with E-state index in [4.69, 9.17) is 0 Å². The van der Waals surface area contributed by atoms with Gasteiger partial charge in [-0.25, -0.2) is 0 Å². The molecule has 0 aromatic heterocycles. The molecule has 0 saturated carbocycles. The summed E-state index contributed by atoms with van der Waals surface area (Å²) in [5.41, 5.74) is 0. The van der Waals surface area contributed by atoms with Crippen molar-refractivity contribution < 1.29 is 17.1 Å². The Bertz CT molecular complexity index is 344. The summed E-state index contributed by atoms with van der Waals surface area (Å²) < 4.78 is 0. The Hall–Kier alpha value is 1.82. The molecule has 3 rings (SSSR count). The van der Waals surface area contributed by atoms with Gasteiger partial charge in [0.2, 0.25) is 0 Å². The quantitative estimate of drug-likeness (QED) is 0.364. The standard InChI is InChI=1S/C14H37Si6.Cu/c1-15(2)13-17(5,6)19(9,10)14(16(15,3)4)20(11,12)18(13,7)8;/h13H,1-12H3;/q-1;+1. The van der Waals surface area contributed by atoms with E-state index < -0.39 is 45.5 Å². The smallest absolute Gasteiger partial charge is 0.316 e. The van der Waals surface area contributed by atoms with Crippen LogP contribution in [-0.2, 0) is 17.1 Å². The fourth-order valence-corrected chi connectivity index (χ4v) is 144. The normalized spacial score (nSPS) is 34.3. The summed E-state index contributed by atoms with van der Waals surface area (Å²) in [5, 5.41) is 0. The Morgan fingerprint density at radius 2 is 0.667 bits per heavy atom. The van der Waals surface area contributed by atoms with E-state index in [9.17, 15) is 0 Å². The fraction of sp³-hybridized carbons (Fsp3) is 0.929.